The van der Waals surface area contributed by atoms with E-state index in [2.05, 4.69) is 0 Å². The number of hydrogen-bond acceptors (Lipinski definition) is 14. The Kier molecular flexibility index (Phi) is 15.9. The van der Waals surface area contributed by atoms with Crippen LogP contribution in [0.5, 0.6) is 0 Å². The van der Waals surface area contributed by atoms with E-state index in [0.29, 0.717) is 19.8 Å². The van der Waals surface area contributed by atoms with Crippen molar-refractivity contribution in [2.24, 2.45) is 0 Å². The molecule has 0 saturated carbocycles. The summed E-state index contributed by atoms with van der Waals surface area (Å²) in [5.74, 6) is -0.613. The lowest BCUT2D eigenvalue weighted by Crippen LogP contribution is -2.61. The molecule has 0 bridgehead atoms. The topological polar surface area (TPSA) is 173 Å². The van der Waals surface area contributed by atoms with E-state index in [0.717, 1.165) is 16.7 Å². The lowest BCUT2D eigenvalue weighted by Gasteiger charge is -2.47. The van der Waals surface area contributed by atoms with Gasteiger partial charge in [-0.2, -0.15) is 0 Å². The molecule has 6 aliphatic heterocycles. The van der Waals surface area contributed by atoms with Crippen molar-refractivity contribution >= 4 is 0 Å². The van der Waals surface area contributed by atoms with E-state index >= 15 is 0 Å². The van der Waals surface area contributed by atoms with Gasteiger partial charge < -0.3 is 67.8 Å². The van der Waals surface area contributed by atoms with Gasteiger partial charge in [0.15, 0.2) is 18.4 Å². The van der Waals surface area contributed by atoms with Crippen molar-refractivity contribution in [3.63, 3.8) is 0 Å². The lowest BCUT2D eigenvalue weighted by atomic mass is 9.94. The minimum absolute atomic E-state index is 0. The Bertz CT molecular complexity index is 1720. The van der Waals surface area contributed by atoms with Gasteiger partial charge in [0.1, 0.15) is 67.1 Å². The molecule has 0 spiro atoms. The van der Waals surface area contributed by atoms with Crippen molar-refractivity contribution in [1.29, 1.82) is 0 Å². The second-order valence-electron chi connectivity index (χ2n) is 16.4. The molecule has 332 valence electrons. The highest BCUT2D eigenvalue weighted by atomic mass is 16.8. The highest BCUT2D eigenvalue weighted by Gasteiger charge is 2.53. The highest BCUT2D eigenvalue weighted by molar-refractivity contribution is 5.18. The van der Waals surface area contributed by atoms with Gasteiger partial charge in [-0.05, 0) is 47.1 Å². The molecule has 0 aliphatic carbocycles. The van der Waals surface area contributed by atoms with Crippen LogP contribution in [0.25, 0.3) is 0 Å². The molecule has 0 amide bonds. The first kappa shape index (κ1) is 46.6. The van der Waals surface area contributed by atoms with Crippen LogP contribution in [0.1, 0.15) is 78.2 Å². The van der Waals surface area contributed by atoms with E-state index < -0.39 is 67.2 Å². The molecule has 9 rings (SSSR count). The van der Waals surface area contributed by atoms with Gasteiger partial charge in [0, 0.05) is 11.1 Å². The maximum Gasteiger partial charge on any atom is 0.184 e. The molecule has 6 saturated heterocycles. The summed E-state index contributed by atoms with van der Waals surface area (Å²) in [5.41, 5.74) is 2.88. The van der Waals surface area contributed by atoms with Crippen molar-refractivity contribution < 1.29 is 67.8 Å². The molecule has 14 nitrogen and oxygen atoms in total. The van der Waals surface area contributed by atoms with E-state index in [1.807, 2.05) is 126 Å². The van der Waals surface area contributed by atoms with Crippen molar-refractivity contribution in [1.82, 2.24) is 0 Å². The normalized spacial score (nSPS) is 40.4. The van der Waals surface area contributed by atoms with Crippen molar-refractivity contribution in [2.45, 2.75) is 166 Å². The van der Waals surface area contributed by atoms with Gasteiger partial charge >= 0.3 is 0 Å². The number of aliphatic hydroxyl groups excluding tert-OH is 4. The molecule has 8 unspecified atom stereocenters. The van der Waals surface area contributed by atoms with Gasteiger partial charge in [-0.25, -0.2) is 0 Å². The van der Waals surface area contributed by atoms with E-state index in [4.69, 9.17) is 47.4 Å². The molecule has 6 heterocycles. The lowest BCUT2D eigenvalue weighted by molar-refractivity contribution is -0.331. The van der Waals surface area contributed by atoms with Crippen LogP contribution in [0.4, 0.5) is 0 Å². The predicted molar refractivity (Wildman–Crippen MR) is 218 cm³/mol. The predicted octanol–water partition coefficient (Wildman–Crippen LogP) is 4.75. The first-order valence-corrected chi connectivity index (χ1v) is 20.6. The summed E-state index contributed by atoms with van der Waals surface area (Å²) in [5, 5.41) is 40.7. The smallest absolute Gasteiger partial charge is 0.184 e. The Morgan fingerprint density at radius 2 is 0.983 bits per heavy atom. The Hall–Kier alpha value is -2.90. The van der Waals surface area contributed by atoms with Crippen molar-refractivity contribution in [3.05, 3.63) is 108 Å². The Labute approximate surface area is 353 Å². The molecular formula is C46H64O14. The zero-order chi connectivity index (χ0) is 41.8. The van der Waals surface area contributed by atoms with E-state index in [-0.39, 0.29) is 50.2 Å². The Morgan fingerprint density at radius 1 is 0.517 bits per heavy atom. The standard InChI is InChI=1S/C21H24O5.C14H18O5.C10H18O4.CH4/c1-14-19(23-12-15-8-4-2-5-9-15)18(22)20-17(25-14)13-24-21(26-20)16-10-6-3-7-11-16;1-8-11(15)12(16)13-10(18-8)7-17-14(19-13)9-5-3-2-4-6-9;1-5-7(11)9-8(6(2)12-5)13-10(3,4)14-9;/h2-11,14,17-22H,12-13H2,1H3;2-6,8,10-16H,7H2,1H3;5-9,11H,1-4H3;1H4/t14-,17?,18+,19?,20+,21?;8-,10?,11?,12+,13+,14?;5?,6-,7-,8?,9-;/m000./s1. The van der Waals surface area contributed by atoms with Gasteiger partial charge in [-0.15, -0.1) is 0 Å². The third kappa shape index (κ3) is 10.8. The number of fused-ring (bicyclic) bond motifs is 3. The quantitative estimate of drug-likeness (QED) is 0.277. The van der Waals surface area contributed by atoms with Crippen molar-refractivity contribution in [3.8, 4) is 0 Å². The molecule has 6 aliphatic rings. The number of ether oxygens (including phenoxy) is 10. The molecule has 17 atom stereocenters. The molecule has 60 heavy (non-hydrogen) atoms. The van der Waals surface area contributed by atoms with E-state index in [1.165, 1.54) is 0 Å². The summed E-state index contributed by atoms with van der Waals surface area (Å²) in [6, 6.07) is 29.2. The number of rotatable bonds is 5. The highest BCUT2D eigenvalue weighted by Crippen LogP contribution is 2.38. The average molecular weight is 841 g/mol. The summed E-state index contributed by atoms with van der Waals surface area (Å²) in [6.07, 6.45) is -7.72. The molecule has 3 aromatic rings. The number of hydrogen-bond donors (Lipinski definition) is 4. The minimum Gasteiger partial charge on any atom is -0.388 e. The summed E-state index contributed by atoms with van der Waals surface area (Å²) in [6.45, 7) is 12.3. The number of benzene rings is 3. The zero-order valence-corrected chi connectivity index (χ0v) is 34.5. The summed E-state index contributed by atoms with van der Waals surface area (Å²) >= 11 is 0. The van der Waals surface area contributed by atoms with Crippen LogP contribution in [-0.2, 0) is 54.0 Å². The SMILES string of the molecule is C.CC1O[C@@H](C)C2OC(C)(C)O[C@H]2[C@H]1O.C[C@@H]1OC2COC(c3ccccc3)O[C@H]2[C@H](O)C1O.C[C@@H]1OC2COC(c3ccccc3)O[C@H]2[C@H](O)C1OCc1ccccc1. The van der Waals surface area contributed by atoms with Crippen LogP contribution in [-0.4, -0.2) is 131 Å². The third-order valence-electron chi connectivity index (χ3n) is 11.5. The Balaban J connectivity index is 0.000000157. The van der Waals surface area contributed by atoms with Gasteiger partial charge in [0.05, 0.1) is 44.2 Å². The summed E-state index contributed by atoms with van der Waals surface area (Å²) < 4.78 is 57.7. The summed E-state index contributed by atoms with van der Waals surface area (Å²) in [7, 11) is 0. The fourth-order valence-electron chi connectivity index (χ4n) is 8.35. The van der Waals surface area contributed by atoms with Crippen LogP contribution in [0.3, 0.4) is 0 Å². The van der Waals surface area contributed by atoms with Crippen LogP contribution in [0, 0.1) is 0 Å². The first-order valence-electron chi connectivity index (χ1n) is 20.6. The molecule has 0 aromatic heterocycles. The molecule has 4 N–H and O–H groups in total. The van der Waals surface area contributed by atoms with Crippen molar-refractivity contribution in [2.75, 3.05) is 13.2 Å². The molecule has 0 radical (unpaired) electrons. The average Bonchev–Trinajstić information content (AvgIpc) is 3.59. The molecule has 3 aromatic carbocycles. The molecular weight excluding hydrogens is 776 g/mol. The number of aliphatic hydroxyl groups is 4. The van der Waals surface area contributed by atoms with Crippen LogP contribution in [0.2, 0.25) is 0 Å². The van der Waals surface area contributed by atoms with Gasteiger partial charge in [-0.1, -0.05) is 98.4 Å². The fraction of sp³-hybridized carbons (Fsp3) is 0.609. The zero-order valence-electron chi connectivity index (χ0n) is 34.5. The largest absolute Gasteiger partial charge is 0.388 e. The minimum atomic E-state index is -0.955. The monoisotopic (exact) mass is 840 g/mol. The maximum atomic E-state index is 10.9. The van der Waals surface area contributed by atoms with Crippen LogP contribution >= 0.6 is 0 Å². The van der Waals surface area contributed by atoms with Crippen LogP contribution in [0.15, 0.2) is 91.0 Å². The Morgan fingerprint density at radius 3 is 1.53 bits per heavy atom. The molecule has 6 fully saturated rings. The van der Waals surface area contributed by atoms with E-state index in [9.17, 15) is 20.4 Å². The maximum absolute atomic E-state index is 10.9. The van der Waals surface area contributed by atoms with Crippen LogP contribution < -0.4 is 0 Å². The third-order valence-corrected chi connectivity index (χ3v) is 11.5. The van der Waals surface area contributed by atoms with E-state index in [1.54, 1.807) is 6.92 Å². The second-order valence-corrected chi connectivity index (χ2v) is 16.4. The fourth-order valence-corrected chi connectivity index (χ4v) is 8.35. The molecule has 14 heteroatoms. The van der Waals surface area contributed by atoms with Gasteiger partial charge in [-0.3, -0.25) is 0 Å². The van der Waals surface area contributed by atoms with Gasteiger partial charge in [0.25, 0.3) is 0 Å². The summed E-state index contributed by atoms with van der Waals surface area (Å²) in [4.78, 5) is 0. The second kappa shape index (κ2) is 20.5. The van der Waals surface area contributed by atoms with Gasteiger partial charge in [0.2, 0.25) is 0 Å². The first-order chi connectivity index (χ1) is 28.3.